The first-order valence-electron chi connectivity index (χ1n) is 11.1. The summed E-state index contributed by atoms with van der Waals surface area (Å²) in [7, 11) is -2.86. The van der Waals surface area contributed by atoms with Crippen LogP contribution in [0, 0.1) is 11.3 Å². The lowest BCUT2D eigenvalue weighted by Gasteiger charge is -2.16. The molecule has 0 aliphatic rings. The number of hydrogen-bond donors (Lipinski definition) is 4. The lowest BCUT2D eigenvalue weighted by atomic mass is 10.0. The summed E-state index contributed by atoms with van der Waals surface area (Å²) >= 11 is 0. The number of carbonyl (C=O) groups is 1. The Bertz CT molecular complexity index is 1580. The van der Waals surface area contributed by atoms with Gasteiger partial charge in [-0.2, -0.15) is 18.4 Å². The number of methoxy groups -OCH3 is 1. The fourth-order valence-electron chi connectivity index (χ4n) is 3.69. The van der Waals surface area contributed by atoms with Crippen molar-refractivity contribution >= 4 is 38.6 Å². The summed E-state index contributed by atoms with van der Waals surface area (Å²) in [5.41, 5.74) is 2.87. The van der Waals surface area contributed by atoms with E-state index in [1.165, 1.54) is 7.11 Å². The van der Waals surface area contributed by atoms with Gasteiger partial charge in [0, 0.05) is 24.0 Å². The smallest absolute Gasteiger partial charge is 0.333 e. The fraction of sp³-hybridized carbons (Fsp3) is 0.115. The van der Waals surface area contributed by atoms with Crippen molar-refractivity contribution in [2.24, 2.45) is 0 Å². The number of benzene rings is 3. The van der Waals surface area contributed by atoms with Crippen molar-refractivity contribution in [2.75, 3.05) is 17.7 Å². The van der Waals surface area contributed by atoms with Crippen LogP contribution in [0.15, 0.2) is 72.8 Å². The predicted molar refractivity (Wildman–Crippen MR) is 140 cm³/mol. The SMILES string of the molecule is COc1ccc(C(=O)Nc2nc3ccc(CNS(=O)(=O)O)cc3c(NCc3ccccc3)c2C#N)cc1. The second-order valence-corrected chi connectivity index (χ2v) is 9.23. The van der Waals surface area contributed by atoms with Crippen LogP contribution < -0.4 is 20.1 Å². The molecule has 0 fully saturated rings. The average molecular weight is 518 g/mol. The normalized spacial score (nSPS) is 11.1. The zero-order valence-corrected chi connectivity index (χ0v) is 20.5. The predicted octanol–water partition coefficient (Wildman–Crippen LogP) is 3.87. The third-order valence-corrected chi connectivity index (χ3v) is 6.03. The number of ether oxygens (including phenoxy) is 1. The highest BCUT2D eigenvalue weighted by Gasteiger charge is 2.19. The molecule has 11 heteroatoms. The van der Waals surface area contributed by atoms with E-state index >= 15 is 0 Å². The Balaban J connectivity index is 1.75. The van der Waals surface area contributed by atoms with E-state index in [0.717, 1.165) is 5.56 Å². The van der Waals surface area contributed by atoms with Crippen molar-refractivity contribution in [1.82, 2.24) is 9.71 Å². The number of fused-ring (bicyclic) bond motifs is 1. The molecule has 4 rings (SSSR count). The topological polar surface area (TPSA) is 153 Å². The standard InChI is InChI=1S/C26H23N5O5S/c1-36-20-10-8-19(9-11-20)26(32)31-25-22(14-27)24(28-15-17-5-3-2-4-6-17)21-13-18(7-12-23(21)30-25)16-29-37(33,34)35/h2-13,29H,15-16H2,1H3,(H,33,34,35)(H2,28,30,31,32). The van der Waals surface area contributed by atoms with Gasteiger partial charge in [-0.15, -0.1) is 0 Å². The highest BCUT2D eigenvalue weighted by molar-refractivity contribution is 7.83. The van der Waals surface area contributed by atoms with Gasteiger partial charge >= 0.3 is 10.3 Å². The van der Waals surface area contributed by atoms with Crippen molar-refractivity contribution in [3.8, 4) is 11.8 Å². The van der Waals surface area contributed by atoms with Crippen molar-refractivity contribution in [1.29, 1.82) is 5.26 Å². The van der Waals surface area contributed by atoms with Crippen LogP contribution in [0.1, 0.15) is 27.0 Å². The van der Waals surface area contributed by atoms with Gasteiger partial charge < -0.3 is 15.4 Å². The van der Waals surface area contributed by atoms with Crippen molar-refractivity contribution < 1.29 is 22.5 Å². The van der Waals surface area contributed by atoms with Gasteiger partial charge in [-0.05, 0) is 47.5 Å². The Hall–Kier alpha value is -4.50. The third-order valence-electron chi connectivity index (χ3n) is 5.52. The van der Waals surface area contributed by atoms with Crippen LogP contribution in [0.5, 0.6) is 5.75 Å². The van der Waals surface area contributed by atoms with E-state index in [2.05, 4.69) is 21.7 Å². The molecule has 0 spiro atoms. The van der Waals surface area contributed by atoms with Crippen molar-refractivity contribution in [2.45, 2.75) is 13.1 Å². The fourth-order valence-corrected chi connectivity index (χ4v) is 4.04. The minimum atomic E-state index is -4.38. The first kappa shape index (κ1) is 25.6. The molecule has 1 amide bonds. The minimum absolute atomic E-state index is 0.0789. The van der Waals surface area contributed by atoms with Crippen molar-refractivity contribution in [3.05, 3.63) is 95.1 Å². The van der Waals surface area contributed by atoms with Crippen LogP contribution in [0.25, 0.3) is 10.9 Å². The van der Waals surface area contributed by atoms with E-state index in [0.29, 0.717) is 40.0 Å². The summed E-state index contributed by atoms with van der Waals surface area (Å²) < 4.78 is 38.4. The molecule has 0 unspecified atom stereocenters. The Labute approximate surface area is 213 Å². The van der Waals surface area contributed by atoms with E-state index < -0.39 is 16.2 Å². The van der Waals surface area contributed by atoms with Gasteiger partial charge in [-0.25, -0.2) is 4.98 Å². The lowest BCUT2D eigenvalue weighted by Crippen LogP contribution is -2.21. The molecule has 3 aromatic carbocycles. The maximum absolute atomic E-state index is 12.9. The molecule has 0 aliphatic carbocycles. The molecule has 1 aromatic heterocycles. The zero-order valence-electron chi connectivity index (χ0n) is 19.7. The van der Waals surface area contributed by atoms with E-state index in [-0.39, 0.29) is 17.9 Å². The van der Waals surface area contributed by atoms with Gasteiger partial charge in [0.1, 0.15) is 17.4 Å². The van der Waals surface area contributed by atoms with E-state index in [1.54, 1.807) is 42.5 Å². The summed E-state index contributed by atoms with van der Waals surface area (Å²) in [5, 5.41) is 16.6. The molecule has 0 saturated heterocycles. The first-order chi connectivity index (χ1) is 17.8. The largest absolute Gasteiger partial charge is 0.497 e. The molecule has 4 N–H and O–H groups in total. The maximum atomic E-state index is 12.9. The molecule has 188 valence electrons. The second kappa shape index (κ2) is 11.0. The summed E-state index contributed by atoms with van der Waals surface area (Å²) in [6, 6.07) is 23.1. The molecule has 0 radical (unpaired) electrons. The van der Waals surface area contributed by atoms with Gasteiger partial charge in [0.2, 0.25) is 0 Å². The molecule has 37 heavy (non-hydrogen) atoms. The van der Waals surface area contributed by atoms with Crippen LogP contribution in [0.3, 0.4) is 0 Å². The van der Waals surface area contributed by atoms with Crippen molar-refractivity contribution in [3.63, 3.8) is 0 Å². The quantitative estimate of drug-likeness (QED) is 0.244. The molecule has 10 nitrogen and oxygen atoms in total. The van der Waals surface area contributed by atoms with Crippen LogP contribution in [0.4, 0.5) is 11.5 Å². The van der Waals surface area contributed by atoms with Gasteiger partial charge in [0.05, 0.1) is 18.3 Å². The summed E-state index contributed by atoms with van der Waals surface area (Å²) in [6.45, 7) is 0.221. The Morgan fingerprint density at radius 2 is 1.76 bits per heavy atom. The summed E-state index contributed by atoms with van der Waals surface area (Å²) in [6.07, 6.45) is 0. The first-order valence-corrected chi connectivity index (χ1v) is 12.5. The van der Waals surface area contributed by atoms with Crippen LogP contribution >= 0.6 is 0 Å². The molecule has 4 aromatic rings. The van der Waals surface area contributed by atoms with E-state index in [4.69, 9.17) is 9.29 Å². The number of hydrogen-bond acceptors (Lipinski definition) is 7. The lowest BCUT2D eigenvalue weighted by molar-refractivity contribution is 0.102. The maximum Gasteiger partial charge on any atom is 0.333 e. The number of aromatic nitrogens is 1. The Morgan fingerprint density at radius 3 is 2.41 bits per heavy atom. The molecule has 0 saturated carbocycles. The van der Waals surface area contributed by atoms with Crippen LogP contribution in [-0.2, 0) is 23.4 Å². The number of nitrogens with zero attached hydrogens (tertiary/aromatic N) is 2. The monoisotopic (exact) mass is 517 g/mol. The van der Waals surface area contributed by atoms with Gasteiger partial charge in [0.15, 0.2) is 5.82 Å². The number of rotatable bonds is 9. The van der Waals surface area contributed by atoms with Crippen LogP contribution in [0.2, 0.25) is 0 Å². The number of amides is 1. The number of pyridine rings is 1. The number of nitriles is 1. The summed E-state index contributed by atoms with van der Waals surface area (Å²) in [4.78, 5) is 17.4. The number of nitrogens with one attached hydrogen (secondary N) is 3. The molecule has 1 heterocycles. The van der Waals surface area contributed by atoms with E-state index in [9.17, 15) is 18.5 Å². The molecule has 0 bridgehead atoms. The van der Waals surface area contributed by atoms with E-state index in [1.807, 2.05) is 35.1 Å². The third kappa shape index (κ3) is 6.39. The van der Waals surface area contributed by atoms with Gasteiger partial charge in [-0.3, -0.25) is 9.35 Å². The summed E-state index contributed by atoms with van der Waals surface area (Å²) in [5.74, 6) is 0.231. The number of anilines is 2. The molecular formula is C26H23N5O5S. The Kier molecular flexibility index (Phi) is 7.64. The van der Waals surface area contributed by atoms with Crippen LogP contribution in [-0.4, -0.2) is 31.0 Å². The molecular weight excluding hydrogens is 494 g/mol. The molecule has 0 aliphatic heterocycles. The highest BCUT2D eigenvalue weighted by atomic mass is 32.2. The highest BCUT2D eigenvalue weighted by Crippen LogP contribution is 2.32. The minimum Gasteiger partial charge on any atom is -0.497 e. The number of carbonyl (C=O) groups excluding carboxylic acids is 1. The molecule has 0 atom stereocenters. The second-order valence-electron chi connectivity index (χ2n) is 7.99. The average Bonchev–Trinajstić information content (AvgIpc) is 2.90. The van der Waals surface area contributed by atoms with Gasteiger partial charge in [0.25, 0.3) is 5.91 Å². The van der Waals surface area contributed by atoms with Gasteiger partial charge in [-0.1, -0.05) is 36.4 Å². The zero-order chi connectivity index (χ0) is 26.4. The Morgan fingerprint density at radius 1 is 1.03 bits per heavy atom.